The lowest BCUT2D eigenvalue weighted by Gasteiger charge is -2.02. The minimum Gasteiger partial charge on any atom is -0.464 e. The first-order valence-corrected chi connectivity index (χ1v) is 6.71. The van der Waals surface area contributed by atoms with E-state index in [4.69, 9.17) is 5.73 Å². The van der Waals surface area contributed by atoms with Gasteiger partial charge in [0.25, 0.3) is 0 Å². The van der Waals surface area contributed by atoms with Crippen molar-refractivity contribution in [3.8, 4) is 5.13 Å². The van der Waals surface area contributed by atoms with Gasteiger partial charge in [-0.2, -0.15) is 0 Å². The summed E-state index contributed by atoms with van der Waals surface area (Å²) >= 11 is 1.53. The Morgan fingerprint density at radius 2 is 2.11 bits per heavy atom. The van der Waals surface area contributed by atoms with Gasteiger partial charge in [0.2, 0.25) is 0 Å². The first-order chi connectivity index (χ1) is 8.99. The van der Waals surface area contributed by atoms with E-state index in [1.807, 2.05) is 6.92 Å². The molecule has 102 valence electrons. The largest absolute Gasteiger partial charge is 0.464 e. The van der Waals surface area contributed by atoms with E-state index in [9.17, 15) is 4.79 Å². The van der Waals surface area contributed by atoms with Crippen LogP contribution in [0.15, 0.2) is 0 Å². The molecule has 6 nitrogen and oxygen atoms in total. The number of imidazole rings is 1. The third-order valence-electron chi connectivity index (χ3n) is 2.87. The first-order valence-electron chi connectivity index (χ1n) is 5.89. The Kier molecular flexibility index (Phi) is 3.57. The van der Waals surface area contributed by atoms with Gasteiger partial charge in [-0.25, -0.2) is 14.8 Å². The Labute approximate surface area is 115 Å². The summed E-state index contributed by atoms with van der Waals surface area (Å²) in [7, 11) is 1.30. The Bertz CT molecular complexity index is 630. The SMILES string of the molecule is CCc1nc(-n2c(C)nc(C(=O)OC)c2N)sc1C. The fourth-order valence-corrected chi connectivity index (χ4v) is 2.93. The van der Waals surface area contributed by atoms with Crippen LogP contribution in [-0.2, 0) is 11.2 Å². The Morgan fingerprint density at radius 3 is 2.63 bits per heavy atom. The van der Waals surface area contributed by atoms with E-state index in [0.717, 1.165) is 22.1 Å². The van der Waals surface area contributed by atoms with Crippen LogP contribution in [0.5, 0.6) is 0 Å². The zero-order valence-electron chi connectivity index (χ0n) is 11.4. The Balaban J connectivity index is 2.56. The molecule has 0 atom stereocenters. The summed E-state index contributed by atoms with van der Waals surface area (Å²) < 4.78 is 6.34. The van der Waals surface area contributed by atoms with Crippen LogP contribution in [0.25, 0.3) is 5.13 Å². The summed E-state index contributed by atoms with van der Waals surface area (Å²) in [5.74, 6) is 0.346. The number of thiazole rings is 1. The van der Waals surface area contributed by atoms with Gasteiger partial charge in [0.15, 0.2) is 10.8 Å². The van der Waals surface area contributed by atoms with Crippen molar-refractivity contribution in [2.75, 3.05) is 12.8 Å². The molecule has 2 aromatic heterocycles. The standard InChI is InChI=1S/C12H16N4O2S/c1-5-8-6(2)19-12(15-8)16-7(3)14-9(10(16)13)11(17)18-4/h5,13H2,1-4H3. The van der Waals surface area contributed by atoms with Gasteiger partial charge < -0.3 is 10.5 Å². The molecule has 0 radical (unpaired) electrons. The zero-order valence-corrected chi connectivity index (χ0v) is 12.2. The summed E-state index contributed by atoms with van der Waals surface area (Å²) in [6, 6.07) is 0. The number of anilines is 1. The van der Waals surface area contributed by atoms with Crippen molar-refractivity contribution in [3.63, 3.8) is 0 Å². The minimum atomic E-state index is -0.539. The molecule has 0 saturated carbocycles. The molecule has 0 aliphatic heterocycles. The molecule has 2 aromatic rings. The molecular weight excluding hydrogens is 264 g/mol. The highest BCUT2D eigenvalue weighted by molar-refractivity contribution is 7.14. The Hall–Kier alpha value is -1.89. The van der Waals surface area contributed by atoms with E-state index < -0.39 is 5.97 Å². The molecule has 0 saturated heterocycles. The van der Waals surface area contributed by atoms with E-state index in [-0.39, 0.29) is 11.5 Å². The number of carbonyl (C=O) groups excluding carboxylic acids is 1. The van der Waals surface area contributed by atoms with Gasteiger partial charge >= 0.3 is 5.97 Å². The van der Waals surface area contributed by atoms with Crippen molar-refractivity contribution < 1.29 is 9.53 Å². The topological polar surface area (TPSA) is 83.0 Å². The maximum Gasteiger partial charge on any atom is 0.360 e. The number of hydrogen-bond acceptors (Lipinski definition) is 6. The monoisotopic (exact) mass is 280 g/mol. The fraction of sp³-hybridized carbons (Fsp3) is 0.417. The lowest BCUT2D eigenvalue weighted by molar-refractivity contribution is 0.0596. The van der Waals surface area contributed by atoms with Gasteiger partial charge in [0.05, 0.1) is 12.8 Å². The molecule has 7 heteroatoms. The molecule has 2 rings (SSSR count). The van der Waals surface area contributed by atoms with E-state index >= 15 is 0 Å². The zero-order chi connectivity index (χ0) is 14.2. The van der Waals surface area contributed by atoms with Crippen LogP contribution < -0.4 is 5.73 Å². The third-order valence-corrected chi connectivity index (χ3v) is 3.87. The Morgan fingerprint density at radius 1 is 1.42 bits per heavy atom. The predicted octanol–water partition coefficient (Wildman–Crippen LogP) is 1.88. The van der Waals surface area contributed by atoms with Gasteiger partial charge in [-0.05, 0) is 20.3 Å². The first kappa shape index (κ1) is 13.5. The highest BCUT2D eigenvalue weighted by Crippen LogP contribution is 2.27. The second-order valence-electron chi connectivity index (χ2n) is 4.07. The average molecular weight is 280 g/mol. The number of methoxy groups -OCH3 is 1. The number of nitrogens with zero attached hydrogens (tertiary/aromatic N) is 3. The number of nitrogens with two attached hydrogens (primary N) is 1. The molecule has 0 unspecified atom stereocenters. The maximum atomic E-state index is 11.6. The smallest absolute Gasteiger partial charge is 0.360 e. The summed E-state index contributed by atoms with van der Waals surface area (Å²) in [5.41, 5.74) is 7.14. The van der Waals surface area contributed by atoms with Crippen molar-refractivity contribution >= 4 is 23.1 Å². The summed E-state index contributed by atoms with van der Waals surface area (Å²) in [6.07, 6.45) is 0.861. The molecule has 2 heterocycles. The molecule has 0 aromatic carbocycles. The molecule has 0 amide bonds. The van der Waals surface area contributed by atoms with Gasteiger partial charge in [0.1, 0.15) is 11.6 Å². The van der Waals surface area contributed by atoms with Gasteiger partial charge in [-0.1, -0.05) is 6.92 Å². The average Bonchev–Trinajstić information content (AvgIpc) is 2.88. The molecule has 19 heavy (non-hydrogen) atoms. The van der Waals surface area contributed by atoms with E-state index in [0.29, 0.717) is 5.82 Å². The molecule has 0 fully saturated rings. The molecule has 0 aliphatic carbocycles. The van der Waals surface area contributed by atoms with Crippen molar-refractivity contribution in [1.29, 1.82) is 0 Å². The highest BCUT2D eigenvalue weighted by Gasteiger charge is 2.22. The number of esters is 1. The molecule has 0 bridgehead atoms. The van der Waals surface area contributed by atoms with Gasteiger partial charge in [-0.15, -0.1) is 11.3 Å². The number of ether oxygens (including phenoxy) is 1. The number of hydrogen-bond donors (Lipinski definition) is 1. The molecular formula is C12H16N4O2S. The van der Waals surface area contributed by atoms with Gasteiger partial charge in [-0.3, -0.25) is 4.57 Å². The van der Waals surface area contributed by atoms with Crippen molar-refractivity contribution in [2.45, 2.75) is 27.2 Å². The van der Waals surface area contributed by atoms with Crippen molar-refractivity contribution in [3.05, 3.63) is 22.1 Å². The van der Waals surface area contributed by atoms with Crippen LogP contribution in [0.3, 0.4) is 0 Å². The molecule has 0 spiro atoms. The number of nitrogen functional groups attached to an aromatic ring is 1. The molecule has 0 aliphatic rings. The normalized spacial score (nSPS) is 10.7. The van der Waals surface area contributed by atoms with Crippen LogP contribution in [0.4, 0.5) is 5.82 Å². The second kappa shape index (κ2) is 5.00. The molecule has 2 N–H and O–H groups in total. The lowest BCUT2D eigenvalue weighted by Crippen LogP contribution is -2.07. The number of aromatic nitrogens is 3. The van der Waals surface area contributed by atoms with E-state index in [2.05, 4.69) is 21.6 Å². The highest BCUT2D eigenvalue weighted by atomic mass is 32.1. The maximum absolute atomic E-state index is 11.6. The fourth-order valence-electron chi connectivity index (χ4n) is 1.87. The number of carbonyl (C=O) groups is 1. The summed E-state index contributed by atoms with van der Waals surface area (Å²) in [5, 5.41) is 0.729. The van der Waals surface area contributed by atoms with Crippen LogP contribution in [0.1, 0.15) is 33.8 Å². The quantitative estimate of drug-likeness (QED) is 0.868. The number of aryl methyl sites for hydroxylation is 3. The predicted molar refractivity (Wildman–Crippen MR) is 73.8 cm³/mol. The van der Waals surface area contributed by atoms with E-state index in [1.54, 1.807) is 11.5 Å². The van der Waals surface area contributed by atoms with Crippen LogP contribution >= 0.6 is 11.3 Å². The van der Waals surface area contributed by atoms with Crippen LogP contribution in [0, 0.1) is 13.8 Å². The van der Waals surface area contributed by atoms with Gasteiger partial charge in [0, 0.05) is 4.88 Å². The third kappa shape index (κ3) is 2.21. The minimum absolute atomic E-state index is 0.130. The number of rotatable bonds is 3. The van der Waals surface area contributed by atoms with Crippen LogP contribution in [0.2, 0.25) is 0 Å². The van der Waals surface area contributed by atoms with E-state index in [1.165, 1.54) is 18.4 Å². The van der Waals surface area contributed by atoms with Crippen molar-refractivity contribution in [2.24, 2.45) is 0 Å². The lowest BCUT2D eigenvalue weighted by atomic mass is 10.3. The second-order valence-corrected chi connectivity index (χ2v) is 5.25. The summed E-state index contributed by atoms with van der Waals surface area (Å²) in [6.45, 7) is 5.85. The van der Waals surface area contributed by atoms with Crippen molar-refractivity contribution in [1.82, 2.24) is 14.5 Å². The summed E-state index contributed by atoms with van der Waals surface area (Å²) in [4.78, 5) is 21.4. The van der Waals surface area contributed by atoms with Crippen LogP contribution in [-0.4, -0.2) is 27.6 Å².